The third-order valence-corrected chi connectivity index (χ3v) is 5.35. The first-order chi connectivity index (χ1) is 17.3. The van der Waals surface area contributed by atoms with Gasteiger partial charge in [-0.2, -0.15) is 13.2 Å². The zero-order valence-electron chi connectivity index (χ0n) is 18.6. The summed E-state index contributed by atoms with van der Waals surface area (Å²) in [4.78, 5) is 14.7. The van der Waals surface area contributed by atoms with Crippen LogP contribution >= 0.6 is 0 Å². The molecule has 36 heavy (non-hydrogen) atoms. The Labute approximate surface area is 201 Å². The van der Waals surface area contributed by atoms with Gasteiger partial charge in [-0.15, -0.1) is 5.10 Å². The quantitative estimate of drug-likeness (QED) is 0.454. The summed E-state index contributed by atoms with van der Waals surface area (Å²) in [6.07, 6.45) is 8.99. The number of aliphatic imine (C=N–C) groups is 1. The smallest absolute Gasteiger partial charge is 0.419 e. The normalized spacial score (nSPS) is 16.9. The molecule has 0 radical (unpaired) electrons. The van der Waals surface area contributed by atoms with E-state index in [0.29, 0.717) is 23.2 Å². The van der Waals surface area contributed by atoms with Gasteiger partial charge in [0.05, 0.1) is 54.9 Å². The van der Waals surface area contributed by atoms with E-state index in [9.17, 15) is 17.6 Å². The van der Waals surface area contributed by atoms with Gasteiger partial charge in [0.15, 0.2) is 5.76 Å². The Morgan fingerprint density at radius 1 is 1.08 bits per heavy atom. The zero-order chi connectivity index (χ0) is 25.3. The van der Waals surface area contributed by atoms with E-state index in [4.69, 9.17) is 9.47 Å². The van der Waals surface area contributed by atoms with Crippen LogP contribution in [0.2, 0.25) is 0 Å². The molecule has 2 aromatic heterocycles. The number of hydrogen-bond donors (Lipinski definition) is 0. The summed E-state index contributed by atoms with van der Waals surface area (Å²) < 4.78 is 64.4. The largest absolute Gasteiger partial charge is 0.493 e. The molecule has 0 saturated heterocycles. The monoisotopic (exact) mass is 499 g/mol. The van der Waals surface area contributed by atoms with Crippen molar-refractivity contribution in [2.75, 3.05) is 12.0 Å². The van der Waals surface area contributed by atoms with Crippen molar-refractivity contribution in [1.82, 2.24) is 25.0 Å². The molecule has 0 fully saturated rings. The van der Waals surface area contributed by atoms with Crippen LogP contribution in [0, 0.1) is 5.82 Å². The second-order valence-corrected chi connectivity index (χ2v) is 7.62. The van der Waals surface area contributed by atoms with Crippen LogP contribution in [-0.4, -0.2) is 43.8 Å². The molecular formula is C23H17F4N7O2. The van der Waals surface area contributed by atoms with E-state index in [-0.39, 0.29) is 24.3 Å². The molecule has 5 rings (SSSR count). The topological polar surface area (TPSA) is 90.6 Å². The predicted octanol–water partition coefficient (Wildman–Crippen LogP) is 4.00. The maximum Gasteiger partial charge on any atom is 0.419 e. The Morgan fingerprint density at radius 2 is 1.89 bits per heavy atom. The average Bonchev–Trinajstić information content (AvgIpc) is 3.32. The molecule has 13 heteroatoms. The van der Waals surface area contributed by atoms with Crippen LogP contribution in [0.4, 0.5) is 23.2 Å². The van der Waals surface area contributed by atoms with Gasteiger partial charge in [0.1, 0.15) is 23.8 Å². The molecule has 0 spiro atoms. The number of halogens is 4. The van der Waals surface area contributed by atoms with Gasteiger partial charge >= 0.3 is 12.2 Å². The molecule has 9 nitrogen and oxygen atoms in total. The Morgan fingerprint density at radius 3 is 2.58 bits per heavy atom. The van der Waals surface area contributed by atoms with Crippen molar-refractivity contribution in [3.63, 3.8) is 0 Å². The summed E-state index contributed by atoms with van der Waals surface area (Å²) in [7, 11) is 1.58. The SMILES string of the molecule is COC1=CN=C1C1C=CC=CN1c1cnc(OCc2cn(-c3ccc(F)c(C(F)(F)F)c3)nn2)nc1. The average molecular weight is 499 g/mol. The minimum absolute atomic E-state index is 0.00353. The summed E-state index contributed by atoms with van der Waals surface area (Å²) in [5.74, 6) is -0.664. The molecule has 1 atom stereocenters. The molecule has 0 bridgehead atoms. The fourth-order valence-electron chi connectivity index (χ4n) is 3.56. The van der Waals surface area contributed by atoms with Gasteiger partial charge in [0.2, 0.25) is 0 Å². The summed E-state index contributed by atoms with van der Waals surface area (Å²) in [5, 5.41) is 7.66. The van der Waals surface area contributed by atoms with Crippen molar-refractivity contribution in [1.29, 1.82) is 0 Å². The maximum absolute atomic E-state index is 13.5. The molecule has 1 unspecified atom stereocenters. The van der Waals surface area contributed by atoms with Crippen LogP contribution in [0.1, 0.15) is 11.3 Å². The van der Waals surface area contributed by atoms with E-state index in [1.165, 1.54) is 12.3 Å². The lowest BCUT2D eigenvalue weighted by atomic mass is 10.0. The minimum atomic E-state index is -4.83. The number of hydrogen-bond acceptors (Lipinski definition) is 8. The highest BCUT2D eigenvalue weighted by Gasteiger charge is 2.34. The Bertz CT molecular complexity index is 1390. The maximum atomic E-state index is 13.5. The summed E-state index contributed by atoms with van der Waals surface area (Å²) in [6, 6.07) is 2.46. The van der Waals surface area contributed by atoms with Crippen molar-refractivity contribution >= 4 is 11.4 Å². The van der Waals surface area contributed by atoms with E-state index in [1.807, 2.05) is 29.3 Å². The van der Waals surface area contributed by atoms with Crippen molar-refractivity contribution in [3.8, 4) is 11.7 Å². The lowest BCUT2D eigenvalue weighted by molar-refractivity contribution is -0.140. The summed E-state index contributed by atoms with van der Waals surface area (Å²) >= 11 is 0. The van der Waals surface area contributed by atoms with Gasteiger partial charge in [-0.05, 0) is 24.3 Å². The van der Waals surface area contributed by atoms with Crippen LogP contribution in [0.3, 0.4) is 0 Å². The van der Waals surface area contributed by atoms with Crippen LogP contribution < -0.4 is 9.64 Å². The molecular weight excluding hydrogens is 482 g/mol. The fourth-order valence-corrected chi connectivity index (χ4v) is 3.56. The summed E-state index contributed by atoms with van der Waals surface area (Å²) in [6.45, 7) is -0.0829. The molecule has 0 N–H and O–H groups in total. The molecule has 184 valence electrons. The number of ether oxygens (including phenoxy) is 2. The van der Waals surface area contributed by atoms with E-state index in [1.54, 1.807) is 25.7 Å². The van der Waals surface area contributed by atoms with E-state index >= 15 is 0 Å². The van der Waals surface area contributed by atoms with Crippen molar-refractivity contribution in [3.05, 3.63) is 90.3 Å². The van der Waals surface area contributed by atoms with Gasteiger partial charge in [-0.3, -0.25) is 4.99 Å². The van der Waals surface area contributed by atoms with E-state index in [0.717, 1.165) is 16.5 Å². The number of rotatable bonds is 7. The second-order valence-electron chi connectivity index (χ2n) is 7.62. The zero-order valence-corrected chi connectivity index (χ0v) is 18.6. The number of benzene rings is 1. The first-order valence-electron chi connectivity index (χ1n) is 10.5. The highest BCUT2D eigenvalue weighted by molar-refractivity contribution is 6.09. The van der Waals surface area contributed by atoms with Crippen molar-refractivity contribution in [2.45, 2.75) is 18.8 Å². The predicted molar refractivity (Wildman–Crippen MR) is 120 cm³/mol. The summed E-state index contributed by atoms with van der Waals surface area (Å²) in [5.41, 5.74) is 0.406. The third kappa shape index (κ3) is 4.54. The van der Waals surface area contributed by atoms with E-state index < -0.39 is 17.6 Å². The van der Waals surface area contributed by atoms with Crippen LogP contribution in [0.15, 0.2) is 78.2 Å². The van der Waals surface area contributed by atoms with Crippen molar-refractivity contribution in [2.24, 2.45) is 4.99 Å². The number of nitrogens with zero attached hydrogens (tertiary/aromatic N) is 7. The molecule has 3 aromatic rings. The standard InChI is InChI=1S/C23H17F4N7O2/c1-35-20-11-28-21(20)19-4-2-3-7-33(19)16-9-29-22(30-10-16)36-13-14-12-34(32-31-14)15-5-6-18(24)17(8-15)23(25,26)27/h2-12,19H,13H2,1H3. The molecule has 0 aliphatic carbocycles. The number of anilines is 1. The molecule has 0 saturated carbocycles. The third-order valence-electron chi connectivity index (χ3n) is 5.35. The lowest BCUT2D eigenvalue weighted by Crippen LogP contribution is -2.40. The highest BCUT2D eigenvalue weighted by atomic mass is 19.4. The van der Waals surface area contributed by atoms with Crippen LogP contribution in [0.5, 0.6) is 6.01 Å². The molecule has 2 aliphatic rings. The van der Waals surface area contributed by atoms with Gasteiger partial charge in [-0.1, -0.05) is 17.4 Å². The fraction of sp³-hybridized carbons (Fsp3) is 0.174. The molecule has 0 amide bonds. The van der Waals surface area contributed by atoms with Gasteiger partial charge in [0.25, 0.3) is 0 Å². The highest BCUT2D eigenvalue weighted by Crippen LogP contribution is 2.32. The van der Waals surface area contributed by atoms with E-state index in [2.05, 4.69) is 25.3 Å². The molecule has 2 aliphatic heterocycles. The Hall–Kier alpha value is -4.55. The van der Waals surface area contributed by atoms with Crippen LogP contribution in [-0.2, 0) is 17.5 Å². The van der Waals surface area contributed by atoms with Gasteiger partial charge < -0.3 is 14.4 Å². The lowest BCUT2D eigenvalue weighted by Gasteiger charge is -2.32. The Balaban J connectivity index is 1.24. The first-order valence-corrected chi connectivity index (χ1v) is 10.5. The number of alkyl halides is 3. The molecule has 1 aromatic carbocycles. The number of aromatic nitrogens is 5. The molecule has 4 heterocycles. The number of allylic oxidation sites excluding steroid dienone is 2. The van der Waals surface area contributed by atoms with Crippen molar-refractivity contribution < 1.29 is 27.0 Å². The first kappa shape index (κ1) is 23.2. The van der Waals surface area contributed by atoms with Crippen LogP contribution in [0.25, 0.3) is 5.69 Å². The van der Waals surface area contributed by atoms with Gasteiger partial charge in [0, 0.05) is 6.20 Å². The minimum Gasteiger partial charge on any atom is -0.493 e. The Kier molecular flexibility index (Phi) is 5.96. The van der Waals surface area contributed by atoms with Gasteiger partial charge in [-0.25, -0.2) is 19.0 Å². The number of methoxy groups -OCH3 is 1. The second kappa shape index (κ2) is 9.24.